The van der Waals surface area contributed by atoms with Crippen LogP contribution in [0.4, 0.5) is 0 Å². The topological polar surface area (TPSA) is 101 Å². The van der Waals surface area contributed by atoms with Crippen molar-refractivity contribution >= 4 is 15.9 Å². The van der Waals surface area contributed by atoms with Gasteiger partial charge in [-0.15, -0.1) is 0 Å². The van der Waals surface area contributed by atoms with Crippen LogP contribution in [0.25, 0.3) is 0 Å². The molecule has 1 aromatic rings. The lowest BCUT2D eigenvalue weighted by Gasteiger charge is -2.11. The van der Waals surface area contributed by atoms with Crippen LogP contribution in [0.5, 0.6) is 0 Å². The molecule has 0 aliphatic rings. The summed E-state index contributed by atoms with van der Waals surface area (Å²) in [5.41, 5.74) is 6.35. The average Bonchev–Trinajstić information content (AvgIpc) is 2.43. The molecule has 0 aliphatic heterocycles. The highest BCUT2D eigenvalue weighted by molar-refractivity contribution is 7.89. The van der Waals surface area contributed by atoms with E-state index >= 15 is 0 Å². The number of amides is 1. The number of nitrogens with two attached hydrogens (primary N) is 1. The fraction of sp³-hybridized carbons (Fsp3) is 0.462. The summed E-state index contributed by atoms with van der Waals surface area (Å²) in [6, 6.07) is 6.57. The highest BCUT2D eigenvalue weighted by atomic mass is 32.2. The number of hydrogen-bond donors (Lipinski definition) is 3. The molecule has 0 radical (unpaired) electrons. The molecule has 0 aliphatic carbocycles. The predicted molar refractivity (Wildman–Crippen MR) is 77.6 cm³/mol. The summed E-state index contributed by atoms with van der Waals surface area (Å²) in [5.74, 6) is -0.453. The van der Waals surface area contributed by atoms with E-state index in [9.17, 15) is 13.2 Å². The number of aryl methyl sites for hydroxylation is 1. The molecule has 0 saturated heterocycles. The van der Waals surface area contributed by atoms with Crippen molar-refractivity contribution in [2.75, 3.05) is 19.6 Å². The van der Waals surface area contributed by atoms with Gasteiger partial charge in [-0.1, -0.05) is 24.6 Å². The molecular weight excluding hydrogens is 278 g/mol. The largest absolute Gasteiger partial charge is 0.355 e. The van der Waals surface area contributed by atoms with Crippen LogP contribution < -0.4 is 15.8 Å². The Labute approximate surface area is 119 Å². The fourth-order valence-corrected chi connectivity index (χ4v) is 2.48. The Hall–Kier alpha value is -1.44. The number of benzene rings is 1. The number of nitrogens with one attached hydrogen (secondary N) is 2. The highest BCUT2D eigenvalue weighted by Crippen LogP contribution is 2.09. The van der Waals surface area contributed by atoms with Crippen LogP contribution in [0, 0.1) is 12.8 Å². The summed E-state index contributed by atoms with van der Waals surface area (Å²) in [6.45, 7) is 4.23. The first-order valence-corrected chi connectivity index (χ1v) is 7.89. The van der Waals surface area contributed by atoms with E-state index in [0.29, 0.717) is 0 Å². The van der Waals surface area contributed by atoms with Gasteiger partial charge in [0.2, 0.25) is 15.9 Å². The van der Waals surface area contributed by atoms with Crippen LogP contribution in [-0.2, 0) is 14.8 Å². The monoisotopic (exact) mass is 299 g/mol. The normalized spacial score (nSPS) is 12.9. The van der Waals surface area contributed by atoms with Gasteiger partial charge in [0.25, 0.3) is 0 Å². The van der Waals surface area contributed by atoms with Gasteiger partial charge in [0, 0.05) is 25.6 Å². The first kappa shape index (κ1) is 16.6. The molecule has 0 fully saturated rings. The van der Waals surface area contributed by atoms with E-state index in [1.165, 1.54) is 0 Å². The molecule has 7 heteroatoms. The van der Waals surface area contributed by atoms with Crippen molar-refractivity contribution < 1.29 is 13.2 Å². The van der Waals surface area contributed by atoms with Gasteiger partial charge in [-0.2, -0.15) is 0 Å². The van der Waals surface area contributed by atoms with Crippen molar-refractivity contribution in [2.45, 2.75) is 18.7 Å². The molecule has 0 bridgehead atoms. The molecule has 20 heavy (non-hydrogen) atoms. The second-order valence-electron chi connectivity index (χ2n) is 4.64. The second kappa shape index (κ2) is 7.37. The average molecular weight is 299 g/mol. The Morgan fingerprint density at radius 3 is 2.40 bits per heavy atom. The molecule has 1 amide bonds. The van der Waals surface area contributed by atoms with Gasteiger partial charge >= 0.3 is 0 Å². The van der Waals surface area contributed by atoms with E-state index < -0.39 is 10.0 Å². The van der Waals surface area contributed by atoms with Gasteiger partial charge in [0.05, 0.1) is 4.90 Å². The Balaban J connectivity index is 2.45. The van der Waals surface area contributed by atoms with Gasteiger partial charge in [-0.3, -0.25) is 4.79 Å². The molecule has 1 atom stereocenters. The number of carbonyl (C=O) groups excluding carboxylic acids is 1. The summed E-state index contributed by atoms with van der Waals surface area (Å²) in [6.07, 6.45) is 0. The lowest BCUT2D eigenvalue weighted by molar-refractivity contribution is -0.124. The standard InChI is InChI=1S/C13H21N3O3S/c1-10-3-5-12(6-4-10)20(18,19)16-8-7-15-13(17)11(2)9-14/h3-6,11,16H,7-9,14H2,1-2H3,(H,15,17). The van der Waals surface area contributed by atoms with Gasteiger partial charge in [0.1, 0.15) is 0 Å². The lowest BCUT2D eigenvalue weighted by Crippen LogP contribution is -2.38. The molecule has 0 spiro atoms. The van der Waals surface area contributed by atoms with Crippen molar-refractivity contribution in [3.05, 3.63) is 29.8 Å². The van der Waals surface area contributed by atoms with Crippen LogP contribution >= 0.6 is 0 Å². The van der Waals surface area contributed by atoms with Gasteiger partial charge in [-0.05, 0) is 19.1 Å². The van der Waals surface area contributed by atoms with E-state index in [4.69, 9.17) is 5.73 Å². The smallest absolute Gasteiger partial charge is 0.240 e. The third-order valence-electron chi connectivity index (χ3n) is 2.85. The zero-order chi connectivity index (χ0) is 15.2. The first-order valence-electron chi connectivity index (χ1n) is 6.41. The van der Waals surface area contributed by atoms with Gasteiger partial charge in [-0.25, -0.2) is 13.1 Å². The zero-order valence-corrected chi connectivity index (χ0v) is 12.5. The molecule has 0 saturated carbocycles. The summed E-state index contributed by atoms with van der Waals surface area (Å²) < 4.78 is 26.3. The Bertz CT molecular complexity index is 540. The van der Waals surface area contributed by atoms with Crippen molar-refractivity contribution in [2.24, 2.45) is 11.7 Å². The van der Waals surface area contributed by atoms with Crippen LogP contribution in [-0.4, -0.2) is 34.0 Å². The molecule has 112 valence electrons. The van der Waals surface area contributed by atoms with Crippen LogP contribution in [0.3, 0.4) is 0 Å². The Morgan fingerprint density at radius 2 is 1.85 bits per heavy atom. The maximum absolute atomic E-state index is 11.9. The minimum Gasteiger partial charge on any atom is -0.355 e. The molecule has 0 aromatic heterocycles. The number of sulfonamides is 1. The van der Waals surface area contributed by atoms with E-state index in [0.717, 1.165) is 5.56 Å². The predicted octanol–water partition coefficient (Wildman–Crippen LogP) is -0.0157. The summed E-state index contributed by atoms with van der Waals surface area (Å²) in [5, 5.41) is 2.62. The SMILES string of the molecule is Cc1ccc(S(=O)(=O)NCCNC(=O)C(C)CN)cc1. The Morgan fingerprint density at radius 1 is 1.25 bits per heavy atom. The number of hydrogen-bond acceptors (Lipinski definition) is 4. The van der Waals surface area contributed by atoms with E-state index in [-0.39, 0.29) is 36.4 Å². The number of carbonyl (C=O) groups is 1. The quantitative estimate of drug-likeness (QED) is 0.616. The molecular formula is C13H21N3O3S. The van der Waals surface area contributed by atoms with E-state index in [2.05, 4.69) is 10.0 Å². The molecule has 1 unspecified atom stereocenters. The zero-order valence-electron chi connectivity index (χ0n) is 11.7. The third-order valence-corrected chi connectivity index (χ3v) is 4.33. The molecule has 6 nitrogen and oxygen atoms in total. The number of rotatable bonds is 7. The summed E-state index contributed by atoms with van der Waals surface area (Å²) >= 11 is 0. The minimum atomic E-state index is -3.53. The molecule has 4 N–H and O–H groups in total. The van der Waals surface area contributed by atoms with Gasteiger partial charge in [0.15, 0.2) is 0 Å². The summed E-state index contributed by atoms with van der Waals surface area (Å²) in [7, 11) is -3.53. The minimum absolute atomic E-state index is 0.138. The maximum atomic E-state index is 11.9. The van der Waals surface area contributed by atoms with Crippen LogP contribution in [0.15, 0.2) is 29.2 Å². The van der Waals surface area contributed by atoms with Crippen molar-refractivity contribution in [3.8, 4) is 0 Å². The van der Waals surface area contributed by atoms with Gasteiger partial charge < -0.3 is 11.1 Å². The fourth-order valence-electron chi connectivity index (χ4n) is 1.45. The first-order chi connectivity index (χ1) is 9.36. The highest BCUT2D eigenvalue weighted by Gasteiger charge is 2.13. The molecule has 0 heterocycles. The molecule has 1 aromatic carbocycles. The lowest BCUT2D eigenvalue weighted by atomic mass is 10.2. The van der Waals surface area contributed by atoms with Crippen molar-refractivity contribution in [1.82, 2.24) is 10.0 Å². The van der Waals surface area contributed by atoms with Crippen molar-refractivity contribution in [3.63, 3.8) is 0 Å². The van der Waals surface area contributed by atoms with Crippen LogP contribution in [0.1, 0.15) is 12.5 Å². The Kier molecular flexibility index (Phi) is 6.12. The summed E-state index contributed by atoms with van der Waals surface area (Å²) in [4.78, 5) is 11.7. The maximum Gasteiger partial charge on any atom is 0.240 e. The third kappa shape index (κ3) is 4.92. The van der Waals surface area contributed by atoms with Crippen molar-refractivity contribution in [1.29, 1.82) is 0 Å². The molecule has 1 rings (SSSR count). The van der Waals surface area contributed by atoms with Crippen LogP contribution in [0.2, 0.25) is 0 Å². The van der Waals surface area contributed by atoms with E-state index in [1.54, 1.807) is 31.2 Å². The van der Waals surface area contributed by atoms with E-state index in [1.807, 2.05) is 6.92 Å². The second-order valence-corrected chi connectivity index (χ2v) is 6.41.